The van der Waals surface area contributed by atoms with Crippen LogP contribution in [0.3, 0.4) is 0 Å². The molecule has 4 atom stereocenters. The summed E-state index contributed by atoms with van der Waals surface area (Å²) in [6, 6.07) is 20.8. The summed E-state index contributed by atoms with van der Waals surface area (Å²) in [5.41, 5.74) is 2.39. The van der Waals surface area contributed by atoms with Crippen LogP contribution in [0.25, 0.3) is 0 Å². The molecule has 1 saturated carbocycles. The maximum absolute atomic E-state index is 13.2. The average Bonchev–Trinajstić information content (AvgIpc) is 3.48. The molecule has 0 saturated heterocycles. The van der Waals surface area contributed by atoms with Gasteiger partial charge in [-0.25, -0.2) is 0 Å². The molecule has 6 nitrogen and oxygen atoms in total. The van der Waals surface area contributed by atoms with Crippen LogP contribution in [0.1, 0.15) is 66.6 Å². The van der Waals surface area contributed by atoms with Crippen LogP contribution in [0.15, 0.2) is 66.7 Å². The van der Waals surface area contributed by atoms with Gasteiger partial charge in [0.2, 0.25) is 0 Å². The molecule has 1 aromatic heterocycles. The summed E-state index contributed by atoms with van der Waals surface area (Å²) in [6.07, 6.45) is 3.70. The number of fused-ring (bicyclic) bond motifs is 1. The lowest BCUT2D eigenvalue weighted by Crippen LogP contribution is -2.43. The van der Waals surface area contributed by atoms with Crippen LogP contribution in [0.5, 0.6) is 5.75 Å². The van der Waals surface area contributed by atoms with Crippen LogP contribution in [0, 0.1) is 5.92 Å². The van der Waals surface area contributed by atoms with E-state index >= 15 is 0 Å². The fourth-order valence-corrected chi connectivity index (χ4v) is 6.06. The minimum absolute atomic E-state index is 0.139. The normalized spacial score (nSPS) is 24.5. The molecule has 1 aliphatic carbocycles. The highest BCUT2D eigenvalue weighted by Gasteiger charge is 2.41. The number of esters is 1. The number of benzene rings is 2. The number of aromatic nitrogens is 1. The topological polar surface area (TPSA) is 74.9 Å². The van der Waals surface area contributed by atoms with E-state index in [9.17, 15) is 15.0 Å². The van der Waals surface area contributed by atoms with Crippen LogP contribution < -0.4 is 4.74 Å². The second-order valence-corrected chi connectivity index (χ2v) is 10.6. The fourth-order valence-electron chi connectivity index (χ4n) is 6.06. The van der Waals surface area contributed by atoms with E-state index in [1.54, 1.807) is 6.07 Å². The van der Waals surface area contributed by atoms with E-state index in [0.717, 1.165) is 48.3 Å². The number of carbonyl (C=O) groups excluding carboxylic acids is 1. The lowest BCUT2D eigenvalue weighted by Gasteiger charge is -2.41. The molecule has 0 radical (unpaired) electrons. The van der Waals surface area contributed by atoms with E-state index in [4.69, 9.17) is 4.74 Å². The third kappa shape index (κ3) is 4.73. The van der Waals surface area contributed by atoms with Gasteiger partial charge < -0.3 is 24.4 Å². The smallest absolute Gasteiger partial charge is 0.320 e. The van der Waals surface area contributed by atoms with Crippen molar-refractivity contribution >= 4 is 5.97 Å². The van der Waals surface area contributed by atoms with Crippen molar-refractivity contribution in [3.8, 4) is 5.75 Å². The quantitative estimate of drug-likeness (QED) is 0.376. The minimum atomic E-state index is -0.921. The summed E-state index contributed by atoms with van der Waals surface area (Å²) in [5, 5.41) is 22.6. The maximum atomic E-state index is 13.2. The van der Waals surface area contributed by atoms with Crippen LogP contribution in [-0.4, -0.2) is 46.3 Å². The molecule has 1 aliphatic heterocycles. The lowest BCUT2D eigenvalue weighted by molar-refractivity contribution is -0.136. The molecule has 190 valence electrons. The Labute approximate surface area is 213 Å². The summed E-state index contributed by atoms with van der Waals surface area (Å²) < 4.78 is 7.90. The fraction of sp³-hybridized carbons (Fsp3) is 0.433. The second kappa shape index (κ2) is 10.2. The minimum Gasteiger partial charge on any atom is -0.426 e. The molecule has 2 aliphatic rings. The number of hydrogen-bond acceptors (Lipinski definition) is 5. The van der Waals surface area contributed by atoms with E-state index in [2.05, 4.69) is 4.90 Å². The van der Waals surface area contributed by atoms with Crippen molar-refractivity contribution in [3.63, 3.8) is 0 Å². The lowest BCUT2D eigenvalue weighted by atomic mass is 9.71. The van der Waals surface area contributed by atoms with Gasteiger partial charge in [0.25, 0.3) is 0 Å². The van der Waals surface area contributed by atoms with Crippen LogP contribution in [0.4, 0.5) is 0 Å². The SMILES string of the molecule is CN(C)CC1CCCCC1(O)c1cccc(OC(=O)C2CCn3c2ccc3C(O)c2ccccc2)c1. The van der Waals surface area contributed by atoms with Crippen LogP contribution in [-0.2, 0) is 16.9 Å². The van der Waals surface area contributed by atoms with E-state index in [0.29, 0.717) is 25.1 Å². The van der Waals surface area contributed by atoms with Crippen molar-refractivity contribution in [1.29, 1.82) is 0 Å². The number of nitrogens with zero attached hydrogens (tertiary/aromatic N) is 2. The van der Waals surface area contributed by atoms with Gasteiger partial charge in [0.1, 0.15) is 11.9 Å². The van der Waals surface area contributed by atoms with Crippen molar-refractivity contribution in [2.75, 3.05) is 20.6 Å². The second-order valence-electron chi connectivity index (χ2n) is 10.6. The van der Waals surface area contributed by atoms with Crippen molar-refractivity contribution in [3.05, 3.63) is 89.2 Å². The Hall–Kier alpha value is -2.93. The Balaban J connectivity index is 1.33. The Bertz CT molecular complexity index is 1200. The molecule has 1 fully saturated rings. The summed E-state index contributed by atoms with van der Waals surface area (Å²) in [4.78, 5) is 15.4. The van der Waals surface area contributed by atoms with Gasteiger partial charge in [-0.05, 0) is 68.8 Å². The molecule has 4 unspecified atom stereocenters. The molecular formula is C30H36N2O4. The van der Waals surface area contributed by atoms with Gasteiger partial charge in [-0.2, -0.15) is 0 Å². The van der Waals surface area contributed by atoms with Gasteiger partial charge in [0.15, 0.2) is 0 Å². The Morgan fingerprint density at radius 2 is 1.89 bits per heavy atom. The third-order valence-corrected chi connectivity index (χ3v) is 7.90. The number of aliphatic hydroxyl groups excluding tert-OH is 1. The molecule has 0 amide bonds. The molecule has 0 spiro atoms. The highest BCUT2D eigenvalue weighted by Crippen LogP contribution is 2.43. The molecule has 5 rings (SSSR count). The summed E-state index contributed by atoms with van der Waals surface area (Å²) in [6.45, 7) is 1.48. The molecular weight excluding hydrogens is 452 g/mol. The largest absolute Gasteiger partial charge is 0.426 e. The van der Waals surface area contributed by atoms with Gasteiger partial charge in [0, 0.05) is 24.7 Å². The molecule has 0 bridgehead atoms. The van der Waals surface area contributed by atoms with E-state index in [1.165, 1.54) is 0 Å². The van der Waals surface area contributed by atoms with Gasteiger partial charge >= 0.3 is 5.97 Å². The van der Waals surface area contributed by atoms with Crippen LogP contribution in [0.2, 0.25) is 0 Å². The predicted molar refractivity (Wildman–Crippen MR) is 139 cm³/mol. The summed E-state index contributed by atoms with van der Waals surface area (Å²) >= 11 is 0. The number of aliphatic hydroxyl groups is 2. The van der Waals surface area contributed by atoms with Crippen molar-refractivity contribution in [2.24, 2.45) is 5.92 Å². The van der Waals surface area contributed by atoms with Gasteiger partial charge in [-0.3, -0.25) is 4.79 Å². The Morgan fingerprint density at radius 3 is 2.67 bits per heavy atom. The van der Waals surface area contributed by atoms with Crippen LogP contribution >= 0.6 is 0 Å². The first-order valence-corrected chi connectivity index (χ1v) is 13.0. The number of hydrogen-bond donors (Lipinski definition) is 2. The Kier molecular flexibility index (Phi) is 7.02. The van der Waals surface area contributed by atoms with E-state index in [-0.39, 0.29) is 17.8 Å². The number of carbonyl (C=O) groups is 1. The van der Waals surface area contributed by atoms with Gasteiger partial charge in [0.05, 0.1) is 17.2 Å². The molecule has 2 N–H and O–H groups in total. The molecule has 3 aromatic rings. The monoisotopic (exact) mass is 488 g/mol. The number of ether oxygens (including phenoxy) is 1. The zero-order chi connectivity index (χ0) is 25.3. The molecule has 36 heavy (non-hydrogen) atoms. The van der Waals surface area contributed by atoms with Gasteiger partial charge in [-0.15, -0.1) is 0 Å². The highest BCUT2D eigenvalue weighted by atomic mass is 16.5. The zero-order valence-electron chi connectivity index (χ0n) is 21.1. The first kappa shape index (κ1) is 24.8. The zero-order valence-corrected chi connectivity index (χ0v) is 21.1. The standard InChI is InChI=1S/C30H36N2O4/c1-31(2)20-23-11-6-7-17-30(23,35)22-12-8-13-24(19-22)36-29(34)25-16-18-32-26(25)14-15-27(32)28(33)21-9-4-3-5-10-21/h3-5,8-10,12-15,19,23,25,28,33,35H,6-7,11,16-18,20H2,1-2H3. The highest BCUT2D eigenvalue weighted by molar-refractivity contribution is 5.80. The molecule has 6 heteroatoms. The van der Waals surface area contributed by atoms with E-state index in [1.807, 2.05) is 79.3 Å². The summed E-state index contributed by atoms with van der Waals surface area (Å²) in [7, 11) is 4.07. The third-order valence-electron chi connectivity index (χ3n) is 7.90. The molecule has 2 aromatic carbocycles. The van der Waals surface area contributed by atoms with Crippen molar-refractivity contribution in [2.45, 2.75) is 56.3 Å². The predicted octanol–water partition coefficient (Wildman–Crippen LogP) is 4.60. The van der Waals surface area contributed by atoms with Crippen molar-refractivity contribution in [1.82, 2.24) is 9.47 Å². The first-order valence-electron chi connectivity index (χ1n) is 13.0. The maximum Gasteiger partial charge on any atom is 0.320 e. The molecule has 2 heterocycles. The summed E-state index contributed by atoms with van der Waals surface area (Å²) in [5.74, 6) is -0.0794. The van der Waals surface area contributed by atoms with Crippen molar-refractivity contribution < 1.29 is 19.7 Å². The van der Waals surface area contributed by atoms with E-state index < -0.39 is 11.7 Å². The number of rotatable bonds is 7. The van der Waals surface area contributed by atoms with Gasteiger partial charge in [-0.1, -0.05) is 55.3 Å². The first-order chi connectivity index (χ1) is 17.4. The average molecular weight is 489 g/mol. The Morgan fingerprint density at radius 1 is 1.08 bits per heavy atom.